The number of sulfonamides is 1. The molecule has 110 valence electrons. The fourth-order valence-corrected chi connectivity index (χ4v) is 4.05. The van der Waals surface area contributed by atoms with Gasteiger partial charge in [-0.05, 0) is 30.7 Å². The molecular formula is C14H20N2O3S. The molecule has 3 atom stereocenters. The lowest BCUT2D eigenvalue weighted by atomic mass is 9.57. The number of hydrogen-bond acceptors (Lipinski definition) is 4. The Morgan fingerprint density at radius 1 is 1.30 bits per heavy atom. The van der Waals surface area contributed by atoms with Crippen LogP contribution in [-0.2, 0) is 14.8 Å². The molecule has 0 spiro atoms. The van der Waals surface area contributed by atoms with E-state index in [1.54, 1.807) is 12.1 Å². The van der Waals surface area contributed by atoms with E-state index in [0.717, 1.165) is 18.7 Å². The Hall–Kier alpha value is -1.11. The van der Waals surface area contributed by atoms with Crippen molar-refractivity contribution in [3.05, 3.63) is 24.3 Å². The fraction of sp³-hybridized carbons (Fsp3) is 0.571. The molecule has 1 aromatic carbocycles. The molecule has 20 heavy (non-hydrogen) atoms. The molecule has 0 bridgehead atoms. The van der Waals surface area contributed by atoms with Crippen molar-refractivity contribution in [2.75, 3.05) is 11.9 Å². The summed E-state index contributed by atoms with van der Waals surface area (Å²) in [6.07, 6.45) is 1.42. The van der Waals surface area contributed by atoms with E-state index in [9.17, 15) is 8.42 Å². The highest BCUT2D eigenvalue weighted by Gasteiger charge is 2.59. The Labute approximate surface area is 119 Å². The van der Waals surface area contributed by atoms with Crippen molar-refractivity contribution in [2.45, 2.75) is 37.3 Å². The lowest BCUT2D eigenvalue weighted by Crippen LogP contribution is -2.63. The number of rotatable bonds is 3. The smallest absolute Gasteiger partial charge is 0.238 e. The number of primary sulfonamides is 1. The molecule has 3 rings (SSSR count). The summed E-state index contributed by atoms with van der Waals surface area (Å²) in [5, 5.41) is 8.60. The third kappa shape index (κ3) is 2.12. The first-order valence-electron chi connectivity index (χ1n) is 6.81. The van der Waals surface area contributed by atoms with E-state index in [0.29, 0.717) is 18.1 Å². The Balaban J connectivity index is 1.76. The zero-order valence-corrected chi connectivity index (χ0v) is 12.5. The summed E-state index contributed by atoms with van der Waals surface area (Å²) >= 11 is 0. The van der Waals surface area contributed by atoms with E-state index in [4.69, 9.17) is 9.88 Å². The van der Waals surface area contributed by atoms with Gasteiger partial charge in [0.1, 0.15) is 0 Å². The van der Waals surface area contributed by atoms with Crippen LogP contribution in [0.4, 0.5) is 5.69 Å². The molecular weight excluding hydrogens is 276 g/mol. The predicted octanol–water partition coefficient (Wildman–Crippen LogP) is 1.56. The van der Waals surface area contributed by atoms with Gasteiger partial charge in [0.25, 0.3) is 0 Å². The second-order valence-corrected chi connectivity index (χ2v) is 7.82. The highest BCUT2D eigenvalue weighted by molar-refractivity contribution is 7.89. The summed E-state index contributed by atoms with van der Waals surface area (Å²) in [5.41, 5.74) is 1.01. The van der Waals surface area contributed by atoms with Crippen molar-refractivity contribution in [3.8, 4) is 0 Å². The van der Waals surface area contributed by atoms with Crippen molar-refractivity contribution < 1.29 is 13.2 Å². The lowest BCUT2D eigenvalue weighted by molar-refractivity contribution is -0.0923. The molecule has 5 nitrogen and oxygen atoms in total. The van der Waals surface area contributed by atoms with Gasteiger partial charge in [0.2, 0.25) is 10.0 Å². The van der Waals surface area contributed by atoms with Crippen LogP contribution >= 0.6 is 0 Å². The van der Waals surface area contributed by atoms with Crippen LogP contribution < -0.4 is 10.5 Å². The fourth-order valence-electron chi connectivity index (χ4n) is 3.54. The van der Waals surface area contributed by atoms with Gasteiger partial charge in [-0.1, -0.05) is 13.8 Å². The standard InChI is InChI=1S/C14H20N2O3S/c1-14(2)12(11-7-8-19-13(11)14)16-9-3-5-10(6-4-9)20(15,17)18/h3-6,11-13,16H,7-8H2,1-2H3,(H2,15,17,18). The van der Waals surface area contributed by atoms with Crippen LogP contribution in [0.3, 0.4) is 0 Å². The second kappa shape index (κ2) is 4.44. The summed E-state index contributed by atoms with van der Waals surface area (Å²) in [4.78, 5) is 0.137. The second-order valence-electron chi connectivity index (χ2n) is 6.26. The third-order valence-corrected chi connectivity index (χ3v) is 5.53. The highest BCUT2D eigenvalue weighted by Crippen LogP contribution is 2.53. The van der Waals surface area contributed by atoms with Gasteiger partial charge in [-0.15, -0.1) is 0 Å². The maximum absolute atomic E-state index is 11.2. The van der Waals surface area contributed by atoms with Crippen LogP contribution in [0.25, 0.3) is 0 Å². The quantitative estimate of drug-likeness (QED) is 0.887. The lowest BCUT2D eigenvalue weighted by Gasteiger charge is -2.55. The van der Waals surface area contributed by atoms with E-state index < -0.39 is 10.0 Å². The first-order chi connectivity index (χ1) is 9.30. The summed E-state index contributed by atoms with van der Waals surface area (Å²) in [5.74, 6) is 0.544. The molecule has 2 aliphatic rings. The first kappa shape index (κ1) is 13.9. The summed E-state index contributed by atoms with van der Waals surface area (Å²) < 4.78 is 28.2. The van der Waals surface area contributed by atoms with Crippen molar-refractivity contribution in [2.24, 2.45) is 16.5 Å². The van der Waals surface area contributed by atoms with E-state index in [2.05, 4.69) is 19.2 Å². The van der Waals surface area contributed by atoms with E-state index >= 15 is 0 Å². The third-order valence-electron chi connectivity index (χ3n) is 4.61. The van der Waals surface area contributed by atoms with E-state index in [1.165, 1.54) is 12.1 Å². The number of nitrogens with one attached hydrogen (secondary N) is 1. The summed E-state index contributed by atoms with van der Waals surface area (Å²) in [7, 11) is -3.62. The SMILES string of the molecule is CC1(C)C(Nc2ccc(S(N)(=O)=O)cc2)C2CCOC21. The Morgan fingerprint density at radius 2 is 1.95 bits per heavy atom. The molecule has 2 fully saturated rings. The average Bonchev–Trinajstić information content (AvgIpc) is 2.82. The molecule has 3 N–H and O–H groups in total. The molecule has 0 radical (unpaired) electrons. The predicted molar refractivity (Wildman–Crippen MR) is 76.9 cm³/mol. The molecule has 0 aromatic heterocycles. The first-order valence-corrected chi connectivity index (χ1v) is 8.36. The van der Waals surface area contributed by atoms with Crippen molar-refractivity contribution in [1.29, 1.82) is 0 Å². The minimum atomic E-state index is -3.62. The van der Waals surface area contributed by atoms with Crippen LogP contribution in [0.1, 0.15) is 20.3 Å². The molecule has 1 heterocycles. The van der Waals surface area contributed by atoms with Gasteiger partial charge in [-0.3, -0.25) is 0 Å². The van der Waals surface area contributed by atoms with Crippen molar-refractivity contribution in [3.63, 3.8) is 0 Å². The number of ether oxygens (including phenoxy) is 1. The minimum Gasteiger partial charge on any atom is -0.381 e. The van der Waals surface area contributed by atoms with Crippen LogP contribution in [0, 0.1) is 11.3 Å². The average molecular weight is 296 g/mol. The number of hydrogen-bond donors (Lipinski definition) is 2. The minimum absolute atomic E-state index is 0.0970. The van der Waals surface area contributed by atoms with Gasteiger partial charge >= 0.3 is 0 Å². The molecule has 0 amide bonds. The molecule has 1 saturated heterocycles. The maximum Gasteiger partial charge on any atom is 0.238 e. The summed E-state index contributed by atoms with van der Waals surface area (Å²) in [6, 6.07) is 6.95. The van der Waals surface area contributed by atoms with E-state index in [-0.39, 0.29) is 10.3 Å². The van der Waals surface area contributed by atoms with Crippen molar-refractivity contribution >= 4 is 15.7 Å². The van der Waals surface area contributed by atoms with Gasteiger partial charge in [0, 0.05) is 29.7 Å². The Kier molecular flexibility index (Phi) is 3.08. The zero-order chi connectivity index (χ0) is 14.5. The number of benzene rings is 1. The summed E-state index contributed by atoms with van der Waals surface area (Å²) in [6.45, 7) is 5.24. The number of anilines is 1. The van der Waals surface area contributed by atoms with Crippen LogP contribution in [0.5, 0.6) is 0 Å². The molecule has 6 heteroatoms. The van der Waals surface area contributed by atoms with Crippen LogP contribution in [-0.4, -0.2) is 27.2 Å². The largest absolute Gasteiger partial charge is 0.381 e. The maximum atomic E-state index is 11.2. The van der Waals surface area contributed by atoms with Crippen LogP contribution in [0.15, 0.2) is 29.2 Å². The molecule has 1 aromatic rings. The molecule has 1 aliphatic carbocycles. The number of nitrogens with two attached hydrogens (primary N) is 1. The number of fused-ring (bicyclic) bond motifs is 1. The topological polar surface area (TPSA) is 81.4 Å². The van der Waals surface area contributed by atoms with Gasteiger partial charge in [-0.2, -0.15) is 0 Å². The monoisotopic (exact) mass is 296 g/mol. The normalized spacial score (nSPS) is 31.4. The Morgan fingerprint density at radius 3 is 2.55 bits per heavy atom. The molecule has 1 saturated carbocycles. The zero-order valence-electron chi connectivity index (χ0n) is 11.7. The van der Waals surface area contributed by atoms with Gasteiger partial charge < -0.3 is 10.1 Å². The molecule has 1 aliphatic heterocycles. The van der Waals surface area contributed by atoms with Gasteiger partial charge in [-0.25, -0.2) is 13.6 Å². The van der Waals surface area contributed by atoms with Gasteiger partial charge in [0.05, 0.1) is 11.0 Å². The van der Waals surface area contributed by atoms with E-state index in [1.807, 2.05) is 0 Å². The van der Waals surface area contributed by atoms with Crippen molar-refractivity contribution in [1.82, 2.24) is 0 Å². The molecule has 3 unspecified atom stereocenters. The highest BCUT2D eigenvalue weighted by atomic mass is 32.2. The Bertz CT molecular complexity index is 610. The van der Waals surface area contributed by atoms with Gasteiger partial charge in [0.15, 0.2) is 0 Å². The van der Waals surface area contributed by atoms with Crippen LogP contribution in [0.2, 0.25) is 0 Å².